The Balaban J connectivity index is 1.95. The van der Waals surface area contributed by atoms with Crippen LogP contribution in [0.25, 0.3) is 16.5 Å². The highest BCUT2D eigenvalue weighted by Gasteiger charge is 2.23. The van der Waals surface area contributed by atoms with Gasteiger partial charge in [0.25, 0.3) is 10.0 Å². The first-order valence-corrected chi connectivity index (χ1v) is 10.4. The van der Waals surface area contributed by atoms with E-state index in [0.717, 1.165) is 30.5 Å². The standard InChI is InChI=1S/C21H21FN2O2S/c1-15-12-16(6-5-11-23-15)20-14-24(21-10-9-17(22)13-19(20)21)27(25,26)18-7-3-2-4-8-18/h2-4,6-10,13-15,23H,5,11-12H2,1H3. The van der Waals surface area contributed by atoms with Gasteiger partial charge in [-0.2, -0.15) is 0 Å². The monoisotopic (exact) mass is 384 g/mol. The number of benzene rings is 2. The van der Waals surface area contributed by atoms with Gasteiger partial charge in [-0.3, -0.25) is 0 Å². The molecule has 0 bridgehead atoms. The largest absolute Gasteiger partial charge is 0.314 e. The molecule has 2 aromatic carbocycles. The van der Waals surface area contributed by atoms with Crippen molar-refractivity contribution in [3.8, 4) is 0 Å². The van der Waals surface area contributed by atoms with Crippen LogP contribution < -0.4 is 5.32 Å². The number of rotatable bonds is 3. The van der Waals surface area contributed by atoms with Crippen LogP contribution in [-0.2, 0) is 10.0 Å². The molecule has 0 saturated carbocycles. The molecule has 0 amide bonds. The highest BCUT2D eigenvalue weighted by atomic mass is 32.2. The van der Waals surface area contributed by atoms with Crippen LogP contribution >= 0.6 is 0 Å². The number of nitrogens with one attached hydrogen (secondary N) is 1. The van der Waals surface area contributed by atoms with Crippen LogP contribution in [0.4, 0.5) is 4.39 Å². The van der Waals surface area contributed by atoms with Gasteiger partial charge < -0.3 is 5.32 Å². The maximum absolute atomic E-state index is 14.0. The van der Waals surface area contributed by atoms with Crippen molar-refractivity contribution in [2.75, 3.05) is 6.54 Å². The third-order valence-corrected chi connectivity index (χ3v) is 6.62. The Hall–Kier alpha value is -2.44. The van der Waals surface area contributed by atoms with Crippen LogP contribution in [0.15, 0.2) is 65.7 Å². The molecule has 1 aliphatic rings. The van der Waals surface area contributed by atoms with Gasteiger partial charge in [-0.05, 0) is 62.2 Å². The molecule has 140 valence electrons. The van der Waals surface area contributed by atoms with Gasteiger partial charge in [0.1, 0.15) is 5.82 Å². The molecule has 6 heteroatoms. The van der Waals surface area contributed by atoms with Crippen LogP contribution in [0, 0.1) is 5.82 Å². The summed E-state index contributed by atoms with van der Waals surface area (Å²) >= 11 is 0. The van der Waals surface area contributed by atoms with Gasteiger partial charge in [-0.15, -0.1) is 0 Å². The van der Waals surface area contributed by atoms with E-state index in [1.165, 1.54) is 22.2 Å². The molecular weight excluding hydrogens is 363 g/mol. The molecule has 0 radical (unpaired) electrons. The van der Waals surface area contributed by atoms with E-state index in [-0.39, 0.29) is 16.8 Å². The number of hydrogen-bond donors (Lipinski definition) is 1. The molecule has 1 aliphatic heterocycles. The minimum Gasteiger partial charge on any atom is -0.314 e. The average Bonchev–Trinajstić information content (AvgIpc) is 2.90. The molecule has 0 aliphatic carbocycles. The molecule has 27 heavy (non-hydrogen) atoms. The fraction of sp³-hybridized carbons (Fsp3) is 0.238. The Kier molecular flexibility index (Phi) is 4.61. The van der Waals surface area contributed by atoms with Crippen LogP contribution in [0.5, 0.6) is 0 Å². The Bertz CT molecular complexity index is 1120. The maximum atomic E-state index is 14.0. The summed E-state index contributed by atoms with van der Waals surface area (Å²) in [4.78, 5) is 0.211. The zero-order valence-corrected chi connectivity index (χ0v) is 15.8. The Labute approximate surface area is 158 Å². The Morgan fingerprint density at radius 1 is 1.15 bits per heavy atom. The van der Waals surface area contributed by atoms with Crippen molar-refractivity contribution in [2.45, 2.75) is 30.7 Å². The molecule has 0 spiro atoms. The van der Waals surface area contributed by atoms with E-state index in [2.05, 4.69) is 18.3 Å². The van der Waals surface area contributed by atoms with E-state index in [0.29, 0.717) is 10.9 Å². The zero-order chi connectivity index (χ0) is 19.0. The van der Waals surface area contributed by atoms with Crippen molar-refractivity contribution in [3.05, 3.63) is 72.2 Å². The Morgan fingerprint density at radius 3 is 2.70 bits per heavy atom. The van der Waals surface area contributed by atoms with Gasteiger partial charge in [0.15, 0.2) is 0 Å². The molecule has 4 nitrogen and oxygen atoms in total. The van der Waals surface area contributed by atoms with Gasteiger partial charge in [-0.25, -0.2) is 16.8 Å². The van der Waals surface area contributed by atoms with Crippen molar-refractivity contribution >= 4 is 26.5 Å². The predicted octanol–water partition coefficient (Wildman–Crippen LogP) is 4.17. The smallest absolute Gasteiger partial charge is 0.268 e. The van der Waals surface area contributed by atoms with E-state index in [1.54, 1.807) is 36.5 Å². The minimum atomic E-state index is -3.77. The quantitative estimate of drug-likeness (QED) is 0.737. The first-order valence-electron chi connectivity index (χ1n) is 9.01. The van der Waals surface area contributed by atoms with E-state index in [4.69, 9.17) is 0 Å². The van der Waals surface area contributed by atoms with Crippen molar-refractivity contribution in [3.63, 3.8) is 0 Å². The summed E-state index contributed by atoms with van der Waals surface area (Å²) in [5.74, 6) is -0.376. The molecular formula is C21H21FN2O2S. The van der Waals surface area contributed by atoms with E-state index in [1.807, 2.05) is 0 Å². The molecule has 3 aromatic rings. The summed E-state index contributed by atoms with van der Waals surface area (Å²) in [6.45, 7) is 2.97. The minimum absolute atomic E-state index is 0.211. The number of fused-ring (bicyclic) bond motifs is 1. The van der Waals surface area contributed by atoms with Crippen LogP contribution in [0.3, 0.4) is 0 Å². The van der Waals surface area contributed by atoms with E-state index in [9.17, 15) is 12.8 Å². The third-order valence-electron chi connectivity index (χ3n) is 4.93. The van der Waals surface area contributed by atoms with Gasteiger partial charge in [0, 0.05) is 23.2 Å². The molecule has 1 N–H and O–H groups in total. The molecule has 1 aromatic heterocycles. The second-order valence-corrected chi connectivity index (χ2v) is 8.71. The normalized spacial score (nSPS) is 18.3. The summed E-state index contributed by atoms with van der Waals surface area (Å²) < 4.78 is 41.6. The second kappa shape index (κ2) is 6.94. The number of hydrogen-bond acceptors (Lipinski definition) is 3. The lowest BCUT2D eigenvalue weighted by molar-refractivity contribution is 0.576. The number of halogens is 1. The zero-order valence-electron chi connectivity index (χ0n) is 15.0. The first kappa shape index (κ1) is 17.9. The molecule has 2 heterocycles. The molecule has 1 unspecified atom stereocenters. The van der Waals surface area contributed by atoms with Gasteiger partial charge in [0.05, 0.1) is 10.4 Å². The fourth-order valence-electron chi connectivity index (χ4n) is 3.61. The second-order valence-electron chi connectivity index (χ2n) is 6.90. The SMILES string of the molecule is CC1CC(c2cn(S(=O)(=O)c3ccccc3)c3ccc(F)cc23)=CCCN1. The summed E-state index contributed by atoms with van der Waals surface area (Å²) in [7, 11) is -3.77. The van der Waals surface area contributed by atoms with Crippen LogP contribution in [0.2, 0.25) is 0 Å². The van der Waals surface area contributed by atoms with Crippen molar-refractivity contribution in [1.82, 2.24) is 9.29 Å². The molecule has 0 fully saturated rings. The fourth-order valence-corrected chi connectivity index (χ4v) is 5.01. The maximum Gasteiger partial charge on any atom is 0.268 e. The highest BCUT2D eigenvalue weighted by molar-refractivity contribution is 7.90. The van der Waals surface area contributed by atoms with Crippen molar-refractivity contribution in [1.29, 1.82) is 0 Å². The number of aromatic nitrogens is 1. The van der Waals surface area contributed by atoms with E-state index >= 15 is 0 Å². The average molecular weight is 384 g/mol. The third kappa shape index (κ3) is 3.31. The lowest BCUT2D eigenvalue weighted by Gasteiger charge is -2.11. The van der Waals surface area contributed by atoms with Crippen molar-refractivity contribution < 1.29 is 12.8 Å². The van der Waals surface area contributed by atoms with Crippen LogP contribution in [0.1, 0.15) is 25.3 Å². The van der Waals surface area contributed by atoms with Crippen LogP contribution in [-0.4, -0.2) is 25.0 Å². The van der Waals surface area contributed by atoms with Crippen molar-refractivity contribution in [2.24, 2.45) is 0 Å². The molecule has 1 atom stereocenters. The molecule has 4 rings (SSSR count). The first-order chi connectivity index (χ1) is 13.0. The summed E-state index contributed by atoms with van der Waals surface area (Å²) in [6, 6.07) is 12.8. The summed E-state index contributed by atoms with van der Waals surface area (Å²) in [6.07, 6.45) is 5.38. The molecule has 0 saturated heterocycles. The summed E-state index contributed by atoms with van der Waals surface area (Å²) in [5.41, 5.74) is 2.31. The van der Waals surface area contributed by atoms with Gasteiger partial charge >= 0.3 is 0 Å². The van der Waals surface area contributed by atoms with E-state index < -0.39 is 10.0 Å². The lowest BCUT2D eigenvalue weighted by Crippen LogP contribution is -2.25. The Morgan fingerprint density at radius 2 is 1.93 bits per heavy atom. The van der Waals surface area contributed by atoms with Gasteiger partial charge in [0.2, 0.25) is 0 Å². The highest BCUT2D eigenvalue weighted by Crippen LogP contribution is 2.33. The predicted molar refractivity (Wildman–Crippen MR) is 106 cm³/mol. The summed E-state index contributed by atoms with van der Waals surface area (Å²) in [5, 5.41) is 4.04. The lowest BCUT2D eigenvalue weighted by atomic mass is 9.99. The number of nitrogens with zero attached hydrogens (tertiary/aromatic N) is 1. The van der Waals surface area contributed by atoms with Gasteiger partial charge in [-0.1, -0.05) is 24.3 Å². The topological polar surface area (TPSA) is 51.1 Å².